The molecule has 0 saturated carbocycles. The van der Waals surface area contributed by atoms with Gasteiger partial charge in [-0.15, -0.1) is 0 Å². The first-order valence-electron chi connectivity index (χ1n) is 13.5. The molecular formula is C32H47N5O4. The van der Waals surface area contributed by atoms with Crippen LogP contribution in [0.1, 0.15) is 111 Å². The first-order chi connectivity index (χ1) is 18.8. The third-order valence-corrected chi connectivity index (χ3v) is 5.91. The monoisotopic (exact) mass is 565 g/mol. The number of rotatable bonds is 3. The molecule has 0 saturated heterocycles. The van der Waals surface area contributed by atoms with Crippen LogP contribution in [0.5, 0.6) is 0 Å². The van der Waals surface area contributed by atoms with E-state index in [-0.39, 0.29) is 34.0 Å². The number of hydrogen-bond acceptors (Lipinski definition) is 6. The van der Waals surface area contributed by atoms with Crippen LogP contribution >= 0.6 is 0 Å². The Hall–Kier alpha value is -4.01. The fourth-order valence-electron chi connectivity index (χ4n) is 3.20. The summed E-state index contributed by atoms with van der Waals surface area (Å²) in [5, 5.41) is 7.61. The van der Waals surface area contributed by atoms with E-state index < -0.39 is 0 Å². The largest absolute Gasteiger partial charge is 0.455 e. The number of carbonyl (C=O) groups excluding carboxylic acids is 3. The maximum atomic E-state index is 11.2. The molecular weight excluding hydrogens is 518 g/mol. The maximum absolute atomic E-state index is 11.2. The van der Waals surface area contributed by atoms with Gasteiger partial charge in [-0.05, 0) is 41.3 Å². The van der Waals surface area contributed by atoms with E-state index >= 15 is 0 Å². The van der Waals surface area contributed by atoms with E-state index in [2.05, 4.69) is 67.5 Å². The van der Waals surface area contributed by atoms with Crippen LogP contribution in [-0.4, -0.2) is 48.8 Å². The molecule has 3 aromatic heterocycles. The molecule has 0 aliphatic carbocycles. The molecule has 3 N–H and O–H groups in total. The highest BCUT2D eigenvalue weighted by Crippen LogP contribution is 2.24. The lowest BCUT2D eigenvalue weighted by Crippen LogP contribution is -2.20. The van der Waals surface area contributed by atoms with Crippen LogP contribution in [0, 0.1) is 0 Å². The molecule has 0 bridgehead atoms. The second-order valence-electron chi connectivity index (χ2n) is 12.5. The Kier molecular flexibility index (Phi) is 12.4. The van der Waals surface area contributed by atoms with Crippen LogP contribution in [0.25, 0.3) is 0 Å². The molecule has 9 nitrogen and oxygen atoms in total. The zero-order chi connectivity index (χ0) is 31.6. The minimum absolute atomic E-state index is 0.0290. The minimum Gasteiger partial charge on any atom is -0.455 e. The second kappa shape index (κ2) is 14.6. The molecule has 0 atom stereocenters. The van der Waals surface area contributed by atoms with Crippen molar-refractivity contribution in [3.63, 3.8) is 0 Å². The summed E-state index contributed by atoms with van der Waals surface area (Å²) in [5.74, 6) is 0.762. The molecule has 0 fully saturated rings. The molecule has 0 spiro atoms. The first kappa shape index (κ1) is 35.0. The van der Waals surface area contributed by atoms with Crippen molar-refractivity contribution in [2.24, 2.45) is 0 Å². The lowest BCUT2D eigenvalue weighted by Gasteiger charge is -2.18. The number of nitrogens with one attached hydrogen (secondary N) is 3. The average molecular weight is 566 g/mol. The lowest BCUT2D eigenvalue weighted by molar-refractivity contribution is 0.0929. The number of furan rings is 1. The topological polar surface area (TPSA) is 126 Å². The van der Waals surface area contributed by atoms with Gasteiger partial charge in [-0.1, -0.05) is 68.4 Å². The van der Waals surface area contributed by atoms with E-state index in [9.17, 15) is 14.4 Å². The Balaban J connectivity index is 0.000000308. The van der Waals surface area contributed by atoms with Crippen molar-refractivity contribution in [2.75, 3.05) is 21.1 Å². The van der Waals surface area contributed by atoms with Crippen LogP contribution in [0.3, 0.4) is 0 Å². The highest BCUT2D eigenvalue weighted by atomic mass is 16.4. The lowest BCUT2D eigenvalue weighted by atomic mass is 9.88. The van der Waals surface area contributed by atoms with E-state index in [4.69, 9.17) is 4.42 Å². The predicted molar refractivity (Wildman–Crippen MR) is 163 cm³/mol. The summed E-state index contributed by atoms with van der Waals surface area (Å²) in [6, 6.07) is 10.9. The highest BCUT2D eigenvalue weighted by Gasteiger charge is 2.20. The molecule has 9 heteroatoms. The average Bonchev–Trinajstić information content (AvgIpc) is 3.43. The van der Waals surface area contributed by atoms with Gasteiger partial charge in [0.1, 0.15) is 11.5 Å². The van der Waals surface area contributed by atoms with Gasteiger partial charge in [0, 0.05) is 50.1 Å². The number of aromatic nitrogens is 2. The van der Waals surface area contributed by atoms with Gasteiger partial charge in [0.25, 0.3) is 17.7 Å². The summed E-state index contributed by atoms with van der Waals surface area (Å²) >= 11 is 0. The van der Waals surface area contributed by atoms with Crippen molar-refractivity contribution in [3.8, 4) is 0 Å². The van der Waals surface area contributed by atoms with Crippen molar-refractivity contribution in [2.45, 2.75) is 78.6 Å². The molecule has 3 amide bonds. The molecule has 0 radical (unpaired) electrons. The summed E-state index contributed by atoms with van der Waals surface area (Å²) < 4.78 is 5.39. The normalized spacial score (nSPS) is 11.2. The third-order valence-electron chi connectivity index (χ3n) is 5.91. The number of nitrogens with zero attached hydrogens (tertiary/aromatic N) is 2. The highest BCUT2D eigenvalue weighted by molar-refractivity contribution is 5.93. The van der Waals surface area contributed by atoms with Crippen molar-refractivity contribution in [1.82, 2.24) is 25.9 Å². The Morgan fingerprint density at radius 2 is 1.20 bits per heavy atom. The molecule has 3 heterocycles. The van der Waals surface area contributed by atoms with Gasteiger partial charge in [-0.2, -0.15) is 0 Å². The molecule has 0 aromatic carbocycles. The van der Waals surface area contributed by atoms with Crippen LogP contribution in [0.4, 0.5) is 0 Å². The quantitative estimate of drug-likeness (QED) is 0.390. The predicted octanol–water partition coefficient (Wildman–Crippen LogP) is 5.41. The maximum Gasteiger partial charge on any atom is 0.286 e. The number of carbonyl (C=O) groups is 3. The van der Waals surface area contributed by atoms with Crippen molar-refractivity contribution in [1.29, 1.82) is 0 Å². The van der Waals surface area contributed by atoms with Gasteiger partial charge in [0.2, 0.25) is 0 Å². The fourth-order valence-corrected chi connectivity index (χ4v) is 3.20. The molecule has 0 aliphatic rings. The van der Waals surface area contributed by atoms with E-state index in [1.165, 1.54) is 0 Å². The Bertz CT molecular complexity index is 1200. The summed E-state index contributed by atoms with van der Waals surface area (Å²) in [5.41, 5.74) is 3.23. The van der Waals surface area contributed by atoms with E-state index in [1.54, 1.807) is 51.7 Å². The van der Waals surface area contributed by atoms with Gasteiger partial charge in [-0.3, -0.25) is 24.4 Å². The molecule has 41 heavy (non-hydrogen) atoms. The van der Waals surface area contributed by atoms with Crippen molar-refractivity contribution >= 4 is 17.7 Å². The molecule has 3 aromatic rings. The fraction of sp³-hybridized carbons (Fsp3) is 0.469. The summed E-state index contributed by atoms with van der Waals surface area (Å²) in [4.78, 5) is 41.9. The van der Waals surface area contributed by atoms with Gasteiger partial charge in [-0.25, -0.2) is 0 Å². The number of pyridine rings is 2. The molecule has 224 valence electrons. The van der Waals surface area contributed by atoms with E-state index in [1.807, 2.05) is 39.0 Å². The van der Waals surface area contributed by atoms with Crippen LogP contribution in [0.15, 0.2) is 53.2 Å². The van der Waals surface area contributed by atoms with Gasteiger partial charge in [0.05, 0.1) is 5.56 Å². The van der Waals surface area contributed by atoms with Gasteiger partial charge >= 0.3 is 0 Å². The number of amides is 3. The van der Waals surface area contributed by atoms with Crippen LogP contribution in [-0.2, 0) is 16.2 Å². The standard InChI is InChI=1S/2C11H16N2O.C10H15NO2/c1-11(2,3)8-5-6-9(13-7-8)10(14)12-4;1-11(2,3)9-6-5-8(7-13-9)10(14)12-4;1-10(2,3)8-6-5-7(13-8)9(12)11-4/h2*5-7H,1-4H3,(H,12,14);5-6H,1-4H3,(H,11,12). The molecule has 0 aliphatic heterocycles. The zero-order valence-electron chi connectivity index (χ0n) is 26.6. The summed E-state index contributed by atoms with van der Waals surface area (Å²) in [6.45, 7) is 18.7. The van der Waals surface area contributed by atoms with Crippen molar-refractivity contribution < 1.29 is 18.8 Å². The number of hydrogen-bond donors (Lipinski definition) is 3. The summed E-state index contributed by atoms with van der Waals surface area (Å²) in [6.07, 6.45) is 3.37. The summed E-state index contributed by atoms with van der Waals surface area (Å²) in [7, 11) is 4.79. The molecule has 3 rings (SSSR count). The van der Waals surface area contributed by atoms with Gasteiger partial charge < -0.3 is 20.4 Å². The minimum atomic E-state index is -0.185. The van der Waals surface area contributed by atoms with Crippen LogP contribution in [0.2, 0.25) is 0 Å². The second-order valence-corrected chi connectivity index (χ2v) is 12.5. The van der Waals surface area contributed by atoms with Crippen LogP contribution < -0.4 is 16.0 Å². The zero-order valence-corrected chi connectivity index (χ0v) is 26.6. The Morgan fingerprint density at radius 1 is 0.610 bits per heavy atom. The third kappa shape index (κ3) is 11.2. The van der Waals surface area contributed by atoms with E-state index in [0.29, 0.717) is 17.0 Å². The SMILES string of the molecule is CNC(=O)c1ccc(C(C)(C)C)cn1.CNC(=O)c1ccc(C(C)(C)C)nc1.CNC(=O)c1ccc(C(C)(C)C)o1. The Labute approximate surface area is 244 Å². The van der Waals surface area contributed by atoms with Crippen molar-refractivity contribution in [3.05, 3.63) is 82.8 Å². The van der Waals surface area contributed by atoms with E-state index in [0.717, 1.165) is 17.0 Å². The van der Waals surface area contributed by atoms with Gasteiger partial charge in [0.15, 0.2) is 5.76 Å². The first-order valence-corrected chi connectivity index (χ1v) is 13.5. The smallest absolute Gasteiger partial charge is 0.286 e. The Morgan fingerprint density at radius 3 is 1.56 bits per heavy atom. The molecule has 0 unspecified atom stereocenters.